The lowest BCUT2D eigenvalue weighted by molar-refractivity contribution is -0.349. The summed E-state index contributed by atoms with van der Waals surface area (Å²) in [6.07, 6.45) is -15.3. The second-order valence-corrected chi connectivity index (χ2v) is 10.9. The van der Waals surface area contributed by atoms with Gasteiger partial charge in [0.2, 0.25) is 6.29 Å². The largest absolute Gasteiger partial charge is 0.496 e. The van der Waals surface area contributed by atoms with Gasteiger partial charge in [0.1, 0.15) is 83.1 Å². The third-order valence-electron chi connectivity index (χ3n) is 8.14. The quantitative estimate of drug-likeness (QED) is 0.203. The van der Waals surface area contributed by atoms with E-state index in [4.69, 9.17) is 37.9 Å². The summed E-state index contributed by atoms with van der Waals surface area (Å²) in [5.41, 5.74) is 0.842. The maximum Gasteiger partial charge on any atom is 0.229 e. The third-order valence-corrected chi connectivity index (χ3v) is 8.14. The highest BCUT2D eigenvalue weighted by Crippen LogP contribution is 2.44. The first-order chi connectivity index (χ1) is 21.5. The number of fused-ring (bicyclic) bond motifs is 1. The first-order valence-corrected chi connectivity index (χ1v) is 14.3. The van der Waals surface area contributed by atoms with E-state index in [-0.39, 0.29) is 18.0 Å². The van der Waals surface area contributed by atoms with Crippen molar-refractivity contribution in [3.05, 3.63) is 41.5 Å². The molecule has 3 aliphatic rings. The van der Waals surface area contributed by atoms with Gasteiger partial charge in [-0.3, -0.25) is 4.79 Å². The molecule has 45 heavy (non-hydrogen) atoms. The zero-order valence-electron chi connectivity index (χ0n) is 25.0. The van der Waals surface area contributed by atoms with Crippen molar-refractivity contribution in [3.63, 3.8) is 0 Å². The van der Waals surface area contributed by atoms with Crippen LogP contribution in [-0.2, 0) is 14.2 Å². The van der Waals surface area contributed by atoms with Gasteiger partial charge in [-0.1, -0.05) is 0 Å². The number of aliphatic hydroxyl groups excluding tert-OH is 6. The van der Waals surface area contributed by atoms with Gasteiger partial charge in [-0.25, -0.2) is 0 Å². The van der Waals surface area contributed by atoms with Crippen LogP contribution in [0.4, 0.5) is 0 Å². The fourth-order valence-corrected chi connectivity index (χ4v) is 5.61. The molecule has 248 valence electrons. The maximum absolute atomic E-state index is 13.1. The molecule has 11 unspecified atom stereocenters. The summed E-state index contributed by atoms with van der Waals surface area (Å²) >= 11 is 0. The fraction of sp³-hybridized carbons (Fsp3) is 0.567. The number of benzene rings is 2. The number of carbonyl (C=O) groups excluding carboxylic acids is 1. The Bertz CT molecular complexity index is 1350. The minimum atomic E-state index is -1.70. The van der Waals surface area contributed by atoms with Crippen molar-refractivity contribution in [2.45, 2.75) is 80.9 Å². The monoisotopic (exact) mass is 638 g/mol. The molecule has 2 aromatic rings. The summed E-state index contributed by atoms with van der Waals surface area (Å²) in [6, 6.07) is 7.85. The normalized spacial score (nSPS) is 34.8. The highest BCUT2D eigenvalue weighted by atomic mass is 16.7. The molecule has 0 amide bonds. The smallest absolute Gasteiger partial charge is 0.229 e. The SMILES string of the molecule is COc1cc(OC)c2c(c1)OC(c1ccc(OC3OC(CO)C(OC4OC(C)C(O)C(O)C4O)C(O)C3O)cc1OC)CC2=O. The molecule has 0 aliphatic carbocycles. The average Bonchev–Trinajstić information content (AvgIpc) is 3.04. The molecule has 0 aromatic heterocycles. The molecule has 0 radical (unpaired) electrons. The van der Waals surface area contributed by atoms with Gasteiger partial charge in [0.15, 0.2) is 12.1 Å². The number of carbonyl (C=O) groups is 1. The number of Topliss-reactive ketones (excluding diaryl/α,β-unsaturated/α-hetero) is 1. The molecule has 2 saturated heterocycles. The zero-order chi connectivity index (χ0) is 32.6. The Kier molecular flexibility index (Phi) is 10.0. The van der Waals surface area contributed by atoms with E-state index in [0.29, 0.717) is 34.1 Å². The first kappa shape index (κ1) is 33.1. The van der Waals surface area contributed by atoms with Gasteiger partial charge in [0.05, 0.1) is 40.5 Å². The number of ether oxygens (including phenoxy) is 8. The van der Waals surface area contributed by atoms with E-state index >= 15 is 0 Å². The van der Waals surface area contributed by atoms with Crippen LogP contribution >= 0.6 is 0 Å². The van der Waals surface area contributed by atoms with Gasteiger partial charge in [-0.2, -0.15) is 0 Å². The highest BCUT2D eigenvalue weighted by molar-refractivity contribution is 6.03. The van der Waals surface area contributed by atoms with Crippen LogP contribution in [0.5, 0.6) is 28.7 Å². The summed E-state index contributed by atoms with van der Waals surface area (Å²) in [4.78, 5) is 13.1. The van der Waals surface area contributed by atoms with Crippen molar-refractivity contribution in [2.24, 2.45) is 0 Å². The van der Waals surface area contributed by atoms with Crippen molar-refractivity contribution in [1.29, 1.82) is 0 Å². The molecule has 3 heterocycles. The molecule has 2 fully saturated rings. The van der Waals surface area contributed by atoms with E-state index < -0.39 is 74.1 Å². The lowest BCUT2D eigenvalue weighted by Gasteiger charge is -2.45. The van der Waals surface area contributed by atoms with Crippen LogP contribution in [0.3, 0.4) is 0 Å². The molecule has 11 atom stereocenters. The molecule has 2 aromatic carbocycles. The van der Waals surface area contributed by atoms with Gasteiger partial charge >= 0.3 is 0 Å². The molecule has 0 spiro atoms. The topological polar surface area (TPSA) is 212 Å². The van der Waals surface area contributed by atoms with Crippen molar-refractivity contribution in [1.82, 2.24) is 0 Å². The summed E-state index contributed by atoms with van der Waals surface area (Å²) in [5.74, 6) is 1.33. The minimum Gasteiger partial charge on any atom is -0.496 e. The van der Waals surface area contributed by atoms with Crippen LogP contribution in [0.15, 0.2) is 30.3 Å². The van der Waals surface area contributed by atoms with Crippen molar-refractivity contribution >= 4 is 5.78 Å². The van der Waals surface area contributed by atoms with Crippen molar-refractivity contribution < 1.29 is 73.3 Å². The molecule has 6 N–H and O–H groups in total. The number of hydrogen-bond acceptors (Lipinski definition) is 15. The van der Waals surface area contributed by atoms with Crippen LogP contribution in [0.2, 0.25) is 0 Å². The molecular formula is C30H38O15. The second kappa shape index (κ2) is 13.6. The maximum atomic E-state index is 13.1. The number of hydrogen-bond donors (Lipinski definition) is 6. The van der Waals surface area contributed by atoms with Gasteiger partial charge in [-0.05, 0) is 19.1 Å². The van der Waals surface area contributed by atoms with E-state index in [0.717, 1.165) is 0 Å². The number of methoxy groups -OCH3 is 3. The lowest BCUT2D eigenvalue weighted by atomic mass is 9.94. The standard InChI is InChI=1S/C30H38O15/c1-12-23(33)24(34)26(36)29(41-12)45-28-21(11-31)44-30(27(37)25(28)35)42-13-5-6-15(17(7-13)39-3)18-10-16(32)22-19(40-4)8-14(38-2)9-20(22)43-18/h5-9,12,18,21,23-31,33-37H,10-11H2,1-4H3. The van der Waals surface area contributed by atoms with Gasteiger partial charge in [0, 0.05) is 23.8 Å². The summed E-state index contributed by atoms with van der Waals surface area (Å²) in [7, 11) is 4.36. The predicted octanol–water partition coefficient (Wildman–Crippen LogP) is -0.551. The van der Waals surface area contributed by atoms with E-state index in [1.807, 2.05) is 0 Å². The number of ketones is 1. The summed E-state index contributed by atoms with van der Waals surface area (Å²) < 4.78 is 45.0. The number of aliphatic hydroxyl groups is 6. The molecule has 15 heteroatoms. The highest BCUT2D eigenvalue weighted by Gasteiger charge is 2.50. The minimum absolute atomic E-state index is 0.00334. The second-order valence-electron chi connectivity index (χ2n) is 10.9. The molecule has 0 saturated carbocycles. The van der Waals surface area contributed by atoms with Crippen LogP contribution < -0.4 is 23.7 Å². The van der Waals surface area contributed by atoms with Crippen LogP contribution in [0.1, 0.15) is 35.4 Å². The Morgan fingerprint density at radius 1 is 0.800 bits per heavy atom. The molecular weight excluding hydrogens is 600 g/mol. The number of rotatable bonds is 9. The molecule has 5 rings (SSSR count). The lowest BCUT2D eigenvalue weighted by Crippen LogP contribution is -2.64. The Hall–Kier alpha value is -3.25. The van der Waals surface area contributed by atoms with Crippen molar-refractivity contribution in [2.75, 3.05) is 27.9 Å². The zero-order valence-corrected chi connectivity index (χ0v) is 25.0. The summed E-state index contributed by atoms with van der Waals surface area (Å²) in [6.45, 7) is 0.779. The third kappa shape index (κ3) is 6.40. The average molecular weight is 639 g/mol. The first-order valence-electron chi connectivity index (χ1n) is 14.3. The van der Waals surface area contributed by atoms with E-state index in [2.05, 4.69) is 0 Å². The Labute approximate surface area is 258 Å². The van der Waals surface area contributed by atoms with Crippen LogP contribution in [0, 0.1) is 0 Å². The Morgan fingerprint density at radius 2 is 1.49 bits per heavy atom. The van der Waals surface area contributed by atoms with E-state index in [1.54, 1.807) is 18.2 Å². The van der Waals surface area contributed by atoms with Crippen molar-refractivity contribution in [3.8, 4) is 28.7 Å². The Balaban J connectivity index is 1.31. The van der Waals surface area contributed by atoms with Gasteiger partial charge in [-0.15, -0.1) is 0 Å². The van der Waals surface area contributed by atoms with Gasteiger partial charge < -0.3 is 68.5 Å². The fourth-order valence-electron chi connectivity index (χ4n) is 5.61. The molecule has 0 bridgehead atoms. The molecule has 15 nitrogen and oxygen atoms in total. The Morgan fingerprint density at radius 3 is 2.16 bits per heavy atom. The van der Waals surface area contributed by atoms with Crippen LogP contribution in [0.25, 0.3) is 0 Å². The van der Waals surface area contributed by atoms with E-state index in [1.165, 1.54) is 40.4 Å². The van der Waals surface area contributed by atoms with E-state index in [9.17, 15) is 35.4 Å². The van der Waals surface area contributed by atoms with Gasteiger partial charge in [0.25, 0.3) is 0 Å². The van der Waals surface area contributed by atoms with Crippen LogP contribution in [-0.4, -0.2) is 126 Å². The predicted molar refractivity (Wildman–Crippen MR) is 150 cm³/mol. The summed E-state index contributed by atoms with van der Waals surface area (Å²) in [5, 5.41) is 62.1. The molecule has 3 aliphatic heterocycles.